The van der Waals surface area contributed by atoms with Gasteiger partial charge >= 0.3 is 0 Å². The van der Waals surface area contributed by atoms with Crippen LogP contribution in [0.15, 0.2) is 41.3 Å². The van der Waals surface area contributed by atoms with E-state index in [-0.39, 0.29) is 16.7 Å². The summed E-state index contributed by atoms with van der Waals surface area (Å²) in [5.74, 6) is 0.207. The highest BCUT2D eigenvalue weighted by molar-refractivity contribution is 7.89. The molecule has 8 heteroatoms. The zero-order valence-electron chi connectivity index (χ0n) is 14.5. The van der Waals surface area contributed by atoms with Gasteiger partial charge in [-0.25, -0.2) is 13.1 Å². The highest BCUT2D eigenvalue weighted by atomic mass is 32.2. The van der Waals surface area contributed by atoms with Crippen molar-refractivity contribution in [2.45, 2.75) is 31.7 Å². The van der Waals surface area contributed by atoms with Crippen molar-refractivity contribution in [2.24, 2.45) is 0 Å². The number of nitrogens with zero attached hydrogens (tertiary/aromatic N) is 3. The summed E-state index contributed by atoms with van der Waals surface area (Å²) in [6.07, 6.45) is 0. The third kappa shape index (κ3) is 3.35. The van der Waals surface area contributed by atoms with Gasteiger partial charge in [-0.15, -0.1) is 15.0 Å². The van der Waals surface area contributed by atoms with Gasteiger partial charge in [-0.05, 0) is 50.6 Å². The lowest BCUT2D eigenvalue weighted by Crippen LogP contribution is -2.30. The molecule has 1 heterocycles. The first-order chi connectivity index (χ1) is 11.8. The van der Waals surface area contributed by atoms with Crippen LogP contribution in [0, 0.1) is 6.92 Å². The second kappa shape index (κ2) is 6.45. The van der Waals surface area contributed by atoms with Crippen LogP contribution in [0.5, 0.6) is 5.75 Å². The van der Waals surface area contributed by atoms with Crippen molar-refractivity contribution in [3.63, 3.8) is 0 Å². The van der Waals surface area contributed by atoms with Gasteiger partial charge in [-0.2, -0.15) is 0 Å². The van der Waals surface area contributed by atoms with E-state index in [0.29, 0.717) is 5.69 Å². The number of rotatable bonds is 5. The summed E-state index contributed by atoms with van der Waals surface area (Å²) in [7, 11) is -2.29. The molecule has 2 aromatic carbocycles. The molecule has 0 aliphatic heterocycles. The van der Waals surface area contributed by atoms with Gasteiger partial charge in [-0.1, -0.05) is 12.1 Å². The summed E-state index contributed by atoms with van der Waals surface area (Å²) in [6, 6.07) is 10.6. The Hall–Kier alpha value is -2.45. The zero-order chi connectivity index (χ0) is 18.2. The van der Waals surface area contributed by atoms with Crippen LogP contribution in [0.1, 0.15) is 19.4 Å². The van der Waals surface area contributed by atoms with Gasteiger partial charge in [0.05, 0.1) is 7.11 Å². The summed E-state index contributed by atoms with van der Waals surface area (Å²) >= 11 is 0. The highest BCUT2D eigenvalue weighted by Gasteiger charge is 2.25. The van der Waals surface area contributed by atoms with Gasteiger partial charge in [0.1, 0.15) is 21.6 Å². The normalized spacial score (nSPS) is 12.0. The van der Waals surface area contributed by atoms with Crippen LogP contribution in [0.4, 0.5) is 0 Å². The molecule has 0 amide bonds. The third-order valence-corrected chi connectivity index (χ3v) is 5.23. The molecular formula is C17H20N4O3S. The van der Waals surface area contributed by atoms with Crippen molar-refractivity contribution in [1.82, 2.24) is 19.7 Å². The van der Waals surface area contributed by atoms with Crippen LogP contribution in [-0.4, -0.2) is 36.6 Å². The molecule has 1 N–H and O–H groups in total. The Balaban J connectivity index is 2.24. The van der Waals surface area contributed by atoms with Crippen LogP contribution < -0.4 is 9.46 Å². The molecule has 3 aromatic rings. The first-order valence-corrected chi connectivity index (χ1v) is 9.33. The van der Waals surface area contributed by atoms with Crippen molar-refractivity contribution in [3.05, 3.63) is 42.0 Å². The maximum Gasteiger partial charge on any atom is 0.244 e. The van der Waals surface area contributed by atoms with Crippen molar-refractivity contribution in [3.8, 4) is 11.4 Å². The van der Waals surface area contributed by atoms with E-state index in [1.54, 1.807) is 26.0 Å². The molecule has 0 saturated carbocycles. The van der Waals surface area contributed by atoms with E-state index in [0.717, 1.165) is 16.6 Å². The second-order valence-electron chi connectivity index (χ2n) is 6.07. The fourth-order valence-corrected chi connectivity index (χ4v) is 4.14. The van der Waals surface area contributed by atoms with E-state index in [1.807, 2.05) is 31.2 Å². The SMILES string of the molecule is COc1c(-n2nc3ccccc3n2)cc(C)cc1S(=O)(=O)NC(C)C. The largest absolute Gasteiger partial charge is 0.493 e. The highest BCUT2D eigenvalue weighted by Crippen LogP contribution is 2.32. The fraction of sp³-hybridized carbons (Fsp3) is 0.294. The molecule has 0 aliphatic carbocycles. The molecule has 0 fully saturated rings. The summed E-state index contributed by atoms with van der Waals surface area (Å²) in [6.45, 7) is 5.35. The Labute approximate surface area is 146 Å². The van der Waals surface area contributed by atoms with E-state index < -0.39 is 10.0 Å². The molecule has 0 atom stereocenters. The topological polar surface area (TPSA) is 86.1 Å². The number of benzene rings is 2. The first-order valence-electron chi connectivity index (χ1n) is 7.85. The number of sulfonamides is 1. The van der Waals surface area contributed by atoms with Crippen LogP contribution in [0.3, 0.4) is 0 Å². The predicted octanol–water partition coefficient (Wildman–Crippen LogP) is 2.42. The number of fused-ring (bicyclic) bond motifs is 1. The molecule has 0 bridgehead atoms. The first kappa shape index (κ1) is 17.4. The van der Waals surface area contributed by atoms with E-state index in [4.69, 9.17) is 4.74 Å². The molecule has 0 unspecified atom stereocenters. The third-order valence-electron chi connectivity index (χ3n) is 3.57. The number of hydrogen-bond donors (Lipinski definition) is 1. The quantitative estimate of drug-likeness (QED) is 0.755. The Morgan fingerprint density at radius 1 is 1.12 bits per heavy atom. The molecular weight excluding hydrogens is 340 g/mol. The summed E-state index contributed by atoms with van der Waals surface area (Å²) in [5.41, 5.74) is 2.68. The molecule has 0 saturated heterocycles. The lowest BCUT2D eigenvalue weighted by Gasteiger charge is -2.16. The second-order valence-corrected chi connectivity index (χ2v) is 7.75. The molecule has 25 heavy (non-hydrogen) atoms. The standard InChI is InChI=1S/C17H20N4O3S/c1-11(2)20-25(22,23)16-10-12(3)9-15(17(16)24-4)21-18-13-7-5-6-8-14(13)19-21/h5-11,20H,1-4H3. The van der Waals surface area contributed by atoms with Crippen LogP contribution in [0.2, 0.25) is 0 Å². The molecule has 0 radical (unpaired) electrons. The number of hydrogen-bond acceptors (Lipinski definition) is 5. The average molecular weight is 360 g/mol. The molecule has 7 nitrogen and oxygen atoms in total. The van der Waals surface area contributed by atoms with Crippen molar-refractivity contribution >= 4 is 21.1 Å². The lowest BCUT2D eigenvalue weighted by atomic mass is 10.2. The van der Waals surface area contributed by atoms with Gasteiger partial charge in [0, 0.05) is 6.04 Å². The minimum absolute atomic E-state index is 0.0695. The van der Waals surface area contributed by atoms with E-state index >= 15 is 0 Å². The average Bonchev–Trinajstić information content (AvgIpc) is 2.96. The van der Waals surface area contributed by atoms with Crippen LogP contribution in [0.25, 0.3) is 16.7 Å². The van der Waals surface area contributed by atoms with Gasteiger partial charge < -0.3 is 4.74 Å². The number of ether oxygens (including phenoxy) is 1. The molecule has 0 spiro atoms. The maximum absolute atomic E-state index is 12.7. The van der Waals surface area contributed by atoms with Crippen molar-refractivity contribution in [1.29, 1.82) is 0 Å². The van der Waals surface area contributed by atoms with Gasteiger partial charge in [-0.3, -0.25) is 0 Å². The van der Waals surface area contributed by atoms with E-state index in [2.05, 4.69) is 14.9 Å². The van der Waals surface area contributed by atoms with Crippen LogP contribution >= 0.6 is 0 Å². The summed E-state index contributed by atoms with van der Waals surface area (Å²) in [5, 5.41) is 8.85. The van der Waals surface area contributed by atoms with Crippen molar-refractivity contribution < 1.29 is 13.2 Å². The summed E-state index contributed by atoms with van der Waals surface area (Å²) < 4.78 is 33.4. The minimum atomic E-state index is -3.73. The Morgan fingerprint density at radius 2 is 1.72 bits per heavy atom. The maximum atomic E-state index is 12.7. The summed E-state index contributed by atoms with van der Waals surface area (Å²) in [4.78, 5) is 1.48. The smallest absolute Gasteiger partial charge is 0.244 e. The molecule has 132 valence electrons. The van der Waals surface area contributed by atoms with E-state index in [1.165, 1.54) is 11.9 Å². The fourth-order valence-electron chi connectivity index (χ4n) is 2.62. The molecule has 1 aromatic heterocycles. The Morgan fingerprint density at radius 3 is 2.24 bits per heavy atom. The van der Waals surface area contributed by atoms with Crippen molar-refractivity contribution in [2.75, 3.05) is 7.11 Å². The number of methoxy groups -OCH3 is 1. The molecule has 0 aliphatic rings. The molecule has 3 rings (SSSR count). The monoisotopic (exact) mass is 360 g/mol. The van der Waals surface area contributed by atoms with Crippen LogP contribution in [-0.2, 0) is 10.0 Å². The number of nitrogens with one attached hydrogen (secondary N) is 1. The Bertz CT molecular complexity index is 993. The lowest BCUT2D eigenvalue weighted by molar-refractivity contribution is 0.397. The number of aryl methyl sites for hydroxylation is 1. The van der Waals surface area contributed by atoms with Gasteiger partial charge in [0.15, 0.2) is 5.75 Å². The number of aromatic nitrogens is 3. The Kier molecular flexibility index (Phi) is 4.49. The minimum Gasteiger partial charge on any atom is -0.493 e. The predicted molar refractivity (Wildman–Crippen MR) is 95.6 cm³/mol. The van der Waals surface area contributed by atoms with Gasteiger partial charge in [0.2, 0.25) is 10.0 Å². The van der Waals surface area contributed by atoms with Gasteiger partial charge in [0.25, 0.3) is 0 Å². The zero-order valence-corrected chi connectivity index (χ0v) is 15.3. The van der Waals surface area contributed by atoms with E-state index in [9.17, 15) is 8.42 Å².